The SMILES string of the molecule is CCC/C=C\COC(C)CCCCCCCC. The van der Waals surface area contributed by atoms with E-state index in [0.29, 0.717) is 6.10 Å². The van der Waals surface area contributed by atoms with Gasteiger partial charge in [-0.2, -0.15) is 0 Å². The predicted molar refractivity (Wildman–Crippen MR) is 77.5 cm³/mol. The highest BCUT2D eigenvalue weighted by Crippen LogP contribution is 2.10. The molecule has 1 atom stereocenters. The third-order valence-electron chi connectivity index (χ3n) is 3.06. The normalized spacial score (nSPS) is 13.4. The lowest BCUT2D eigenvalue weighted by atomic mass is 10.1. The summed E-state index contributed by atoms with van der Waals surface area (Å²) >= 11 is 0. The van der Waals surface area contributed by atoms with Gasteiger partial charge in [-0.3, -0.25) is 0 Å². The van der Waals surface area contributed by atoms with Crippen LogP contribution in [0.2, 0.25) is 0 Å². The number of allylic oxidation sites excluding steroid dienone is 1. The molecule has 1 nitrogen and oxygen atoms in total. The number of ether oxygens (including phenoxy) is 1. The maximum atomic E-state index is 5.73. The van der Waals surface area contributed by atoms with Gasteiger partial charge in [0.1, 0.15) is 0 Å². The highest BCUT2D eigenvalue weighted by molar-refractivity contribution is 4.80. The van der Waals surface area contributed by atoms with Gasteiger partial charge < -0.3 is 4.74 Å². The van der Waals surface area contributed by atoms with Crippen LogP contribution in [0.5, 0.6) is 0 Å². The molecule has 1 heteroatoms. The van der Waals surface area contributed by atoms with Crippen LogP contribution in [-0.2, 0) is 4.74 Å². The molecular formula is C16H32O. The lowest BCUT2D eigenvalue weighted by Crippen LogP contribution is -2.07. The zero-order chi connectivity index (χ0) is 12.8. The standard InChI is InChI=1S/C16H32O/c1-4-6-8-10-11-12-14-16(3)17-15-13-9-7-5-2/h9,13,16H,4-8,10-12,14-15H2,1-3H3/b13-9-. The van der Waals surface area contributed by atoms with Crippen LogP contribution < -0.4 is 0 Å². The summed E-state index contributed by atoms with van der Waals surface area (Å²) < 4.78 is 5.73. The number of hydrogen-bond acceptors (Lipinski definition) is 1. The smallest absolute Gasteiger partial charge is 0.0651 e. The first-order chi connectivity index (χ1) is 8.31. The third kappa shape index (κ3) is 13.6. The molecule has 0 rings (SSSR count). The average molecular weight is 240 g/mol. The lowest BCUT2D eigenvalue weighted by molar-refractivity contribution is 0.0796. The quantitative estimate of drug-likeness (QED) is 0.323. The molecule has 0 aliphatic heterocycles. The molecule has 0 radical (unpaired) electrons. The lowest BCUT2D eigenvalue weighted by Gasteiger charge is -2.11. The van der Waals surface area contributed by atoms with Crippen molar-refractivity contribution in [2.75, 3.05) is 6.61 Å². The van der Waals surface area contributed by atoms with E-state index in [1.807, 2.05) is 0 Å². The third-order valence-corrected chi connectivity index (χ3v) is 3.06. The van der Waals surface area contributed by atoms with Crippen molar-refractivity contribution in [2.24, 2.45) is 0 Å². The summed E-state index contributed by atoms with van der Waals surface area (Å²) in [5, 5.41) is 0. The zero-order valence-electron chi connectivity index (χ0n) is 12.2. The molecule has 0 aromatic heterocycles. The van der Waals surface area contributed by atoms with Gasteiger partial charge in [-0.1, -0.05) is 70.9 Å². The molecule has 0 amide bonds. The van der Waals surface area contributed by atoms with E-state index in [0.717, 1.165) is 6.61 Å². The molecule has 0 bridgehead atoms. The second kappa shape index (κ2) is 13.8. The monoisotopic (exact) mass is 240 g/mol. The number of hydrogen-bond donors (Lipinski definition) is 0. The summed E-state index contributed by atoms with van der Waals surface area (Å²) in [6.07, 6.45) is 16.7. The molecule has 0 aliphatic carbocycles. The van der Waals surface area contributed by atoms with Crippen molar-refractivity contribution in [1.29, 1.82) is 0 Å². The van der Waals surface area contributed by atoms with Crippen molar-refractivity contribution in [2.45, 2.75) is 84.7 Å². The van der Waals surface area contributed by atoms with Crippen LogP contribution in [0.1, 0.15) is 78.6 Å². The van der Waals surface area contributed by atoms with Gasteiger partial charge in [0.2, 0.25) is 0 Å². The van der Waals surface area contributed by atoms with Gasteiger partial charge in [-0.05, 0) is 19.8 Å². The average Bonchev–Trinajstić information content (AvgIpc) is 2.33. The van der Waals surface area contributed by atoms with E-state index in [2.05, 4.69) is 32.9 Å². The van der Waals surface area contributed by atoms with Crippen LogP contribution in [0, 0.1) is 0 Å². The summed E-state index contributed by atoms with van der Waals surface area (Å²) in [4.78, 5) is 0. The number of rotatable bonds is 12. The first-order valence-electron chi connectivity index (χ1n) is 7.57. The Hall–Kier alpha value is -0.300. The van der Waals surface area contributed by atoms with Crippen LogP contribution in [0.4, 0.5) is 0 Å². The topological polar surface area (TPSA) is 9.23 Å². The van der Waals surface area contributed by atoms with Gasteiger partial charge in [-0.25, -0.2) is 0 Å². The van der Waals surface area contributed by atoms with E-state index < -0.39 is 0 Å². The van der Waals surface area contributed by atoms with Crippen LogP contribution in [-0.4, -0.2) is 12.7 Å². The molecule has 0 aromatic rings. The molecule has 0 N–H and O–H groups in total. The molecule has 0 aliphatic rings. The zero-order valence-corrected chi connectivity index (χ0v) is 12.2. The fraction of sp³-hybridized carbons (Fsp3) is 0.875. The van der Waals surface area contributed by atoms with Gasteiger partial charge in [-0.15, -0.1) is 0 Å². The summed E-state index contributed by atoms with van der Waals surface area (Å²) in [5.74, 6) is 0. The fourth-order valence-corrected chi connectivity index (χ4v) is 1.87. The van der Waals surface area contributed by atoms with Crippen molar-refractivity contribution in [1.82, 2.24) is 0 Å². The van der Waals surface area contributed by atoms with Crippen LogP contribution in [0.3, 0.4) is 0 Å². The molecular weight excluding hydrogens is 208 g/mol. The van der Waals surface area contributed by atoms with E-state index in [1.54, 1.807) is 0 Å². The molecule has 0 aromatic carbocycles. The number of unbranched alkanes of at least 4 members (excludes halogenated alkanes) is 6. The van der Waals surface area contributed by atoms with Crippen molar-refractivity contribution in [3.05, 3.63) is 12.2 Å². The highest BCUT2D eigenvalue weighted by Gasteiger charge is 2.00. The second-order valence-electron chi connectivity index (χ2n) is 4.96. The Morgan fingerprint density at radius 1 is 0.882 bits per heavy atom. The van der Waals surface area contributed by atoms with E-state index >= 15 is 0 Å². The molecule has 102 valence electrons. The molecule has 0 saturated heterocycles. The Morgan fingerprint density at radius 3 is 2.29 bits per heavy atom. The van der Waals surface area contributed by atoms with E-state index in [1.165, 1.54) is 57.8 Å². The predicted octanol–water partition coefficient (Wildman–Crippen LogP) is 5.50. The Labute approximate surface area is 109 Å². The first kappa shape index (κ1) is 16.7. The molecule has 0 saturated carbocycles. The minimum atomic E-state index is 0.424. The van der Waals surface area contributed by atoms with Crippen molar-refractivity contribution in [3.63, 3.8) is 0 Å². The van der Waals surface area contributed by atoms with Gasteiger partial charge >= 0.3 is 0 Å². The molecule has 0 fully saturated rings. The minimum absolute atomic E-state index is 0.424. The molecule has 0 heterocycles. The second-order valence-corrected chi connectivity index (χ2v) is 4.96. The molecule has 1 unspecified atom stereocenters. The maximum Gasteiger partial charge on any atom is 0.0651 e. The Morgan fingerprint density at radius 2 is 1.59 bits per heavy atom. The summed E-state index contributed by atoms with van der Waals surface area (Å²) in [5.41, 5.74) is 0. The minimum Gasteiger partial charge on any atom is -0.374 e. The van der Waals surface area contributed by atoms with Gasteiger partial charge in [0.15, 0.2) is 0 Å². The van der Waals surface area contributed by atoms with Crippen LogP contribution in [0.25, 0.3) is 0 Å². The Balaban J connectivity index is 3.20. The fourth-order valence-electron chi connectivity index (χ4n) is 1.87. The van der Waals surface area contributed by atoms with Crippen molar-refractivity contribution < 1.29 is 4.74 Å². The van der Waals surface area contributed by atoms with Crippen molar-refractivity contribution in [3.8, 4) is 0 Å². The Bertz CT molecular complexity index is 163. The molecule has 17 heavy (non-hydrogen) atoms. The van der Waals surface area contributed by atoms with Crippen molar-refractivity contribution >= 4 is 0 Å². The van der Waals surface area contributed by atoms with E-state index in [4.69, 9.17) is 4.74 Å². The first-order valence-corrected chi connectivity index (χ1v) is 7.57. The molecule has 0 spiro atoms. The van der Waals surface area contributed by atoms with Gasteiger partial charge in [0.05, 0.1) is 12.7 Å². The summed E-state index contributed by atoms with van der Waals surface area (Å²) in [7, 11) is 0. The summed E-state index contributed by atoms with van der Waals surface area (Å²) in [6.45, 7) is 7.45. The van der Waals surface area contributed by atoms with Gasteiger partial charge in [0, 0.05) is 0 Å². The highest BCUT2D eigenvalue weighted by atomic mass is 16.5. The Kier molecular flexibility index (Phi) is 13.5. The van der Waals surface area contributed by atoms with Crippen LogP contribution >= 0.6 is 0 Å². The van der Waals surface area contributed by atoms with E-state index in [9.17, 15) is 0 Å². The van der Waals surface area contributed by atoms with Gasteiger partial charge in [0.25, 0.3) is 0 Å². The maximum absolute atomic E-state index is 5.73. The van der Waals surface area contributed by atoms with E-state index in [-0.39, 0.29) is 0 Å². The summed E-state index contributed by atoms with van der Waals surface area (Å²) in [6, 6.07) is 0. The van der Waals surface area contributed by atoms with Crippen LogP contribution in [0.15, 0.2) is 12.2 Å². The largest absolute Gasteiger partial charge is 0.374 e.